The Bertz CT molecular complexity index is 199. The Hall–Kier alpha value is 0.360. The summed E-state index contributed by atoms with van der Waals surface area (Å²) in [4.78, 5) is 0.151. The normalized spacial score (nSPS) is 59.0. The minimum atomic E-state index is -0.759. The highest BCUT2D eigenvalue weighted by atomic mass is 79.9. The number of alkyl halides is 1. The maximum absolute atomic E-state index is 9.67. The maximum Gasteiger partial charge on any atom is 0.0891 e. The lowest BCUT2D eigenvalue weighted by molar-refractivity contribution is -0.0640. The summed E-state index contributed by atoms with van der Waals surface area (Å²) in [6.45, 7) is 0. The van der Waals surface area contributed by atoms with Gasteiger partial charge in [0.25, 0.3) is 0 Å². The maximum atomic E-state index is 9.67. The van der Waals surface area contributed by atoms with Gasteiger partial charge in [0.2, 0.25) is 0 Å². The van der Waals surface area contributed by atoms with E-state index in [1.165, 1.54) is 0 Å². The lowest BCUT2D eigenvalue weighted by Crippen LogP contribution is -2.46. The molecule has 2 aliphatic carbocycles. The van der Waals surface area contributed by atoms with E-state index in [9.17, 15) is 15.3 Å². The highest BCUT2D eigenvalue weighted by Gasteiger charge is 2.65. The van der Waals surface area contributed by atoms with Gasteiger partial charge in [-0.15, -0.1) is 0 Å². The minimum absolute atomic E-state index is 0.151. The number of aliphatic hydroxyl groups excluding tert-OH is 3. The molecule has 3 N–H and O–H groups in total. The van der Waals surface area contributed by atoms with E-state index in [1.54, 1.807) is 0 Å². The van der Waals surface area contributed by atoms with E-state index in [4.69, 9.17) is 0 Å². The van der Waals surface area contributed by atoms with Gasteiger partial charge in [0.05, 0.1) is 18.3 Å². The van der Waals surface area contributed by atoms with Crippen molar-refractivity contribution >= 4 is 15.9 Å². The summed E-state index contributed by atoms with van der Waals surface area (Å²) in [5.74, 6) is 0. The fraction of sp³-hybridized carbons (Fsp3) is 1.00. The van der Waals surface area contributed by atoms with Crippen LogP contribution in [0.1, 0.15) is 19.3 Å². The fourth-order valence-corrected chi connectivity index (χ4v) is 3.24. The summed E-state index contributed by atoms with van der Waals surface area (Å²) in [7, 11) is 0. The second-order valence-electron chi connectivity index (χ2n) is 3.89. The molecule has 2 rings (SSSR count). The van der Waals surface area contributed by atoms with Crippen LogP contribution in [-0.4, -0.2) is 38.5 Å². The van der Waals surface area contributed by atoms with Crippen LogP contribution in [-0.2, 0) is 0 Å². The fourth-order valence-electron chi connectivity index (χ4n) is 2.22. The third-order valence-corrected chi connectivity index (χ3v) is 4.53. The Kier molecular flexibility index (Phi) is 1.99. The highest BCUT2D eigenvalue weighted by Crippen LogP contribution is 2.58. The van der Waals surface area contributed by atoms with Crippen molar-refractivity contribution in [3.63, 3.8) is 0 Å². The first-order valence-electron chi connectivity index (χ1n) is 4.27. The van der Waals surface area contributed by atoms with E-state index >= 15 is 0 Å². The number of aliphatic hydroxyl groups is 3. The van der Waals surface area contributed by atoms with E-state index in [0.717, 1.165) is 6.42 Å². The molecular weight excluding hydrogens is 224 g/mol. The van der Waals surface area contributed by atoms with Crippen LogP contribution in [0.15, 0.2) is 0 Å². The summed E-state index contributed by atoms with van der Waals surface area (Å²) in [6.07, 6.45) is 0.204. The van der Waals surface area contributed by atoms with Gasteiger partial charge >= 0.3 is 0 Å². The van der Waals surface area contributed by atoms with Crippen molar-refractivity contribution in [3.05, 3.63) is 0 Å². The Morgan fingerprint density at radius 1 is 1.17 bits per heavy atom. The van der Waals surface area contributed by atoms with Gasteiger partial charge in [-0.25, -0.2) is 0 Å². The molecule has 0 bridgehead atoms. The van der Waals surface area contributed by atoms with Crippen LogP contribution < -0.4 is 0 Å². The van der Waals surface area contributed by atoms with Crippen LogP contribution in [0.5, 0.6) is 0 Å². The van der Waals surface area contributed by atoms with Gasteiger partial charge in [-0.3, -0.25) is 0 Å². The van der Waals surface area contributed by atoms with Crippen molar-refractivity contribution in [2.45, 2.75) is 42.4 Å². The summed E-state index contributed by atoms with van der Waals surface area (Å²) in [5.41, 5.74) is -0.447. The molecule has 4 heteroatoms. The third-order valence-electron chi connectivity index (χ3n) is 3.22. The van der Waals surface area contributed by atoms with Crippen molar-refractivity contribution in [2.24, 2.45) is 5.41 Å². The molecular formula is C8H13BrO3. The van der Waals surface area contributed by atoms with Crippen LogP contribution >= 0.6 is 15.9 Å². The predicted octanol–water partition coefficient (Wildman–Crippen LogP) is 0.0165. The van der Waals surface area contributed by atoms with E-state index < -0.39 is 23.7 Å². The number of hydrogen-bond donors (Lipinski definition) is 3. The Morgan fingerprint density at radius 3 is 2.17 bits per heavy atom. The van der Waals surface area contributed by atoms with Crippen molar-refractivity contribution in [1.82, 2.24) is 0 Å². The first kappa shape index (κ1) is 8.94. The van der Waals surface area contributed by atoms with Crippen LogP contribution in [0.2, 0.25) is 0 Å². The van der Waals surface area contributed by atoms with E-state index in [1.807, 2.05) is 0 Å². The molecule has 0 aliphatic heterocycles. The smallest absolute Gasteiger partial charge is 0.0891 e. The van der Waals surface area contributed by atoms with Crippen molar-refractivity contribution in [3.8, 4) is 0 Å². The molecule has 0 saturated heterocycles. The third kappa shape index (κ3) is 0.985. The zero-order chi connectivity index (χ0) is 8.93. The molecule has 3 nitrogen and oxygen atoms in total. The topological polar surface area (TPSA) is 60.7 Å². The summed E-state index contributed by atoms with van der Waals surface area (Å²) < 4.78 is 0. The zero-order valence-corrected chi connectivity index (χ0v) is 8.24. The van der Waals surface area contributed by atoms with Gasteiger partial charge in [0.1, 0.15) is 0 Å². The van der Waals surface area contributed by atoms with E-state index in [0.29, 0.717) is 12.8 Å². The molecule has 2 saturated carbocycles. The largest absolute Gasteiger partial charge is 0.392 e. The number of hydrogen-bond acceptors (Lipinski definition) is 3. The molecule has 0 radical (unpaired) electrons. The van der Waals surface area contributed by atoms with E-state index in [-0.39, 0.29) is 4.83 Å². The molecule has 0 heterocycles. The standard InChI is InChI=1S/C8H13BrO3/c9-5-2-1-4(10)7(12)8(5)3-6(8)11/h4-7,10-12H,1-3H2/t4-,5+,6-,7+,8?/m1/s1. The van der Waals surface area contributed by atoms with Crippen molar-refractivity contribution < 1.29 is 15.3 Å². The number of rotatable bonds is 0. The Morgan fingerprint density at radius 2 is 1.75 bits per heavy atom. The molecule has 2 fully saturated rings. The monoisotopic (exact) mass is 236 g/mol. The number of halogens is 1. The van der Waals surface area contributed by atoms with E-state index in [2.05, 4.69) is 15.9 Å². The van der Waals surface area contributed by atoms with Gasteiger partial charge in [-0.05, 0) is 19.3 Å². The summed E-state index contributed by atoms with van der Waals surface area (Å²) in [5, 5.41) is 28.5. The van der Waals surface area contributed by atoms with Gasteiger partial charge < -0.3 is 15.3 Å². The lowest BCUT2D eigenvalue weighted by Gasteiger charge is -2.36. The predicted molar refractivity (Wildman–Crippen MR) is 47.0 cm³/mol. The van der Waals surface area contributed by atoms with Crippen LogP contribution in [0.4, 0.5) is 0 Å². The van der Waals surface area contributed by atoms with Crippen LogP contribution in [0, 0.1) is 5.41 Å². The lowest BCUT2D eigenvalue weighted by atomic mass is 9.81. The first-order chi connectivity index (χ1) is 5.59. The molecule has 0 aromatic rings. The quantitative estimate of drug-likeness (QED) is 0.520. The first-order valence-corrected chi connectivity index (χ1v) is 5.19. The molecule has 1 spiro atoms. The highest BCUT2D eigenvalue weighted by molar-refractivity contribution is 9.09. The summed E-state index contributed by atoms with van der Waals surface area (Å²) in [6, 6.07) is 0. The summed E-state index contributed by atoms with van der Waals surface area (Å²) >= 11 is 3.45. The van der Waals surface area contributed by atoms with Crippen molar-refractivity contribution in [1.29, 1.82) is 0 Å². The average molecular weight is 237 g/mol. The van der Waals surface area contributed by atoms with Crippen LogP contribution in [0.25, 0.3) is 0 Å². The molecule has 2 aliphatic rings. The minimum Gasteiger partial charge on any atom is -0.392 e. The van der Waals surface area contributed by atoms with Gasteiger partial charge in [0, 0.05) is 10.2 Å². The average Bonchev–Trinajstić information content (AvgIpc) is 2.69. The molecule has 0 amide bonds. The van der Waals surface area contributed by atoms with Gasteiger partial charge in [0.15, 0.2) is 0 Å². The second kappa shape index (κ2) is 2.67. The van der Waals surface area contributed by atoms with Crippen LogP contribution in [0.3, 0.4) is 0 Å². The SMILES string of the molecule is O[C@@H]1CC[C@H](Br)C2(C[C@H]2O)[C@H]1O. The molecule has 70 valence electrons. The molecule has 0 aromatic heterocycles. The molecule has 5 atom stereocenters. The van der Waals surface area contributed by atoms with Gasteiger partial charge in [-0.2, -0.15) is 0 Å². The second-order valence-corrected chi connectivity index (χ2v) is 4.99. The zero-order valence-electron chi connectivity index (χ0n) is 6.65. The Labute approximate surface area is 79.5 Å². The van der Waals surface area contributed by atoms with Crippen molar-refractivity contribution in [2.75, 3.05) is 0 Å². The van der Waals surface area contributed by atoms with Gasteiger partial charge in [-0.1, -0.05) is 15.9 Å². The Balaban J connectivity index is 2.18. The molecule has 1 unspecified atom stereocenters. The molecule has 12 heavy (non-hydrogen) atoms. The molecule has 0 aromatic carbocycles.